The topological polar surface area (TPSA) is 53.6 Å². The number of nitrogens with zero attached hydrogens (tertiary/aromatic N) is 1. The van der Waals surface area contributed by atoms with Crippen molar-refractivity contribution in [2.75, 3.05) is 46.9 Å². The number of piperidine rings is 1. The van der Waals surface area contributed by atoms with Gasteiger partial charge in [-0.15, -0.1) is 0 Å². The summed E-state index contributed by atoms with van der Waals surface area (Å²) in [4.78, 5) is 13.8. The molecule has 0 spiro atoms. The van der Waals surface area contributed by atoms with E-state index >= 15 is 0 Å². The Hall–Kier alpha value is -0.650. The van der Waals surface area contributed by atoms with Crippen LogP contribution in [0.1, 0.15) is 13.3 Å². The van der Waals surface area contributed by atoms with E-state index in [1.807, 2.05) is 7.05 Å². The number of rotatable bonds is 6. The SMILES string of the molecule is COCCNC(=O)CN(C)C1CCNCC1C. The van der Waals surface area contributed by atoms with Crippen molar-refractivity contribution in [3.8, 4) is 0 Å². The zero-order valence-electron chi connectivity index (χ0n) is 11.2. The Kier molecular flexibility index (Phi) is 6.47. The standard InChI is InChI=1S/C12H25N3O2/c1-10-8-13-5-4-11(10)15(2)9-12(16)14-6-7-17-3/h10-11,13H,4-9H2,1-3H3,(H,14,16). The van der Waals surface area contributed by atoms with Gasteiger partial charge in [-0.25, -0.2) is 0 Å². The van der Waals surface area contributed by atoms with Crippen molar-refractivity contribution in [1.29, 1.82) is 0 Å². The van der Waals surface area contributed by atoms with Crippen molar-refractivity contribution in [2.24, 2.45) is 5.92 Å². The molecule has 1 aliphatic rings. The van der Waals surface area contributed by atoms with Crippen LogP contribution in [0.15, 0.2) is 0 Å². The van der Waals surface area contributed by atoms with Crippen LogP contribution in [0.5, 0.6) is 0 Å². The largest absolute Gasteiger partial charge is 0.383 e. The minimum Gasteiger partial charge on any atom is -0.383 e. The summed E-state index contributed by atoms with van der Waals surface area (Å²) < 4.78 is 4.89. The predicted octanol–water partition coefficient (Wildman–Crippen LogP) is -0.321. The van der Waals surface area contributed by atoms with Gasteiger partial charge in [0, 0.05) is 19.7 Å². The lowest BCUT2D eigenvalue weighted by molar-refractivity contribution is -0.122. The summed E-state index contributed by atoms with van der Waals surface area (Å²) in [5.41, 5.74) is 0. The third-order valence-electron chi connectivity index (χ3n) is 3.33. The second-order valence-electron chi connectivity index (χ2n) is 4.80. The van der Waals surface area contributed by atoms with Gasteiger partial charge < -0.3 is 15.4 Å². The Bertz CT molecular complexity index is 236. The van der Waals surface area contributed by atoms with Gasteiger partial charge in [-0.05, 0) is 32.5 Å². The Morgan fingerprint density at radius 3 is 3.00 bits per heavy atom. The Balaban J connectivity index is 2.26. The first kappa shape index (κ1) is 14.4. The molecule has 0 radical (unpaired) electrons. The molecule has 100 valence electrons. The van der Waals surface area contributed by atoms with E-state index in [-0.39, 0.29) is 5.91 Å². The van der Waals surface area contributed by atoms with Gasteiger partial charge >= 0.3 is 0 Å². The second-order valence-corrected chi connectivity index (χ2v) is 4.80. The van der Waals surface area contributed by atoms with Gasteiger partial charge in [-0.2, -0.15) is 0 Å². The van der Waals surface area contributed by atoms with Crippen molar-refractivity contribution < 1.29 is 9.53 Å². The molecule has 2 unspecified atom stereocenters. The van der Waals surface area contributed by atoms with Crippen LogP contribution in [0.25, 0.3) is 0 Å². The molecule has 0 aromatic heterocycles. The third kappa shape index (κ3) is 5.02. The zero-order valence-corrected chi connectivity index (χ0v) is 11.2. The highest BCUT2D eigenvalue weighted by molar-refractivity contribution is 5.77. The number of carbonyl (C=O) groups is 1. The Morgan fingerprint density at radius 1 is 1.59 bits per heavy atom. The summed E-state index contributed by atoms with van der Waals surface area (Å²) in [5, 5.41) is 6.22. The van der Waals surface area contributed by atoms with Gasteiger partial charge in [0.1, 0.15) is 0 Å². The van der Waals surface area contributed by atoms with Gasteiger partial charge in [-0.1, -0.05) is 6.92 Å². The fourth-order valence-corrected chi connectivity index (χ4v) is 2.35. The molecule has 1 aliphatic heterocycles. The Morgan fingerprint density at radius 2 is 2.35 bits per heavy atom. The van der Waals surface area contributed by atoms with E-state index in [1.54, 1.807) is 7.11 Å². The van der Waals surface area contributed by atoms with Gasteiger partial charge in [0.25, 0.3) is 0 Å². The third-order valence-corrected chi connectivity index (χ3v) is 3.33. The maximum atomic E-state index is 11.7. The molecule has 1 rings (SSSR count). The number of carbonyl (C=O) groups excluding carboxylic acids is 1. The first-order valence-electron chi connectivity index (χ1n) is 6.31. The maximum absolute atomic E-state index is 11.7. The predicted molar refractivity (Wildman–Crippen MR) is 68.0 cm³/mol. The van der Waals surface area contributed by atoms with E-state index < -0.39 is 0 Å². The van der Waals surface area contributed by atoms with Crippen LogP contribution in [0.3, 0.4) is 0 Å². The van der Waals surface area contributed by atoms with E-state index in [4.69, 9.17) is 4.74 Å². The van der Waals surface area contributed by atoms with Crippen molar-refractivity contribution in [3.63, 3.8) is 0 Å². The number of amides is 1. The lowest BCUT2D eigenvalue weighted by Gasteiger charge is -2.36. The highest BCUT2D eigenvalue weighted by atomic mass is 16.5. The first-order chi connectivity index (χ1) is 8.15. The van der Waals surface area contributed by atoms with Crippen molar-refractivity contribution in [3.05, 3.63) is 0 Å². The molecule has 1 fully saturated rings. The van der Waals surface area contributed by atoms with Crippen molar-refractivity contribution in [2.45, 2.75) is 19.4 Å². The van der Waals surface area contributed by atoms with Crippen LogP contribution in [0.4, 0.5) is 0 Å². The van der Waals surface area contributed by atoms with E-state index in [0.717, 1.165) is 19.5 Å². The second kappa shape index (κ2) is 7.63. The van der Waals surface area contributed by atoms with Gasteiger partial charge in [0.15, 0.2) is 0 Å². The molecule has 1 amide bonds. The molecule has 0 bridgehead atoms. The number of nitrogens with one attached hydrogen (secondary N) is 2. The number of hydrogen-bond acceptors (Lipinski definition) is 4. The summed E-state index contributed by atoms with van der Waals surface area (Å²) in [7, 11) is 3.66. The van der Waals surface area contributed by atoms with Crippen LogP contribution in [0.2, 0.25) is 0 Å². The van der Waals surface area contributed by atoms with E-state index in [9.17, 15) is 4.79 Å². The quantitative estimate of drug-likeness (QED) is 0.628. The summed E-state index contributed by atoms with van der Waals surface area (Å²) in [5.74, 6) is 0.677. The molecular weight excluding hydrogens is 218 g/mol. The molecule has 2 N–H and O–H groups in total. The van der Waals surface area contributed by atoms with Gasteiger partial charge in [0.05, 0.1) is 13.2 Å². The molecule has 5 nitrogen and oxygen atoms in total. The average Bonchev–Trinajstić information content (AvgIpc) is 2.29. The molecule has 2 atom stereocenters. The fraction of sp³-hybridized carbons (Fsp3) is 0.917. The van der Waals surface area contributed by atoms with Gasteiger partial charge in [0.2, 0.25) is 5.91 Å². The van der Waals surface area contributed by atoms with Crippen LogP contribution < -0.4 is 10.6 Å². The molecule has 17 heavy (non-hydrogen) atoms. The van der Waals surface area contributed by atoms with Crippen LogP contribution >= 0.6 is 0 Å². The molecule has 0 aromatic carbocycles. The lowest BCUT2D eigenvalue weighted by atomic mass is 9.94. The van der Waals surface area contributed by atoms with Crippen LogP contribution in [-0.2, 0) is 9.53 Å². The number of methoxy groups -OCH3 is 1. The maximum Gasteiger partial charge on any atom is 0.234 e. The van der Waals surface area contributed by atoms with Crippen LogP contribution in [-0.4, -0.2) is 63.8 Å². The summed E-state index contributed by atoms with van der Waals surface area (Å²) in [6.45, 7) is 5.95. The average molecular weight is 243 g/mol. The monoisotopic (exact) mass is 243 g/mol. The molecule has 1 saturated heterocycles. The molecule has 0 saturated carbocycles. The minimum atomic E-state index is 0.0790. The van der Waals surface area contributed by atoms with Crippen molar-refractivity contribution >= 4 is 5.91 Å². The number of ether oxygens (including phenoxy) is 1. The lowest BCUT2D eigenvalue weighted by Crippen LogP contribution is -2.50. The minimum absolute atomic E-state index is 0.0790. The van der Waals surface area contributed by atoms with E-state index in [2.05, 4.69) is 22.5 Å². The van der Waals surface area contributed by atoms with Crippen LogP contribution in [0, 0.1) is 5.92 Å². The van der Waals surface area contributed by atoms with Gasteiger partial charge in [-0.3, -0.25) is 9.69 Å². The molecule has 0 aliphatic carbocycles. The van der Waals surface area contributed by atoms with E-state index in [1.165, 1.54) is 0 Å². The molecular formula is C12H25N3O2. The number of hydrogen-bond donors (Lipinski definition) is 2. The normalized spacial score (nSPS) is 24.9. The molecule has 5 heteroatoms. The highest BCUT2D eigenvalue weighted by Crippen LogP contribution is 2.15. The zero-order chi connectivity index (χ0) is 12.7. The highest BCUT2D eigenvalue weighted by Gasteiger charge is 2.25. The smallest absolute Gasteiger partial charge is 0.234 e. The summed E-state index contributed by atoms with van der Waals surface area (Å²) >= 11 is 0. The summed E-state index contributed by atoms with van der Waals surface area (Å²) in [6.07, 6.45) is 1.11. The molecule has 1 heterocycles. The fourth-order valence-electron chi connectivity index (χ4n) is 2.35. The molecule has 0 aromatic rings. The number of likely N-dealkylation sites (N-methyl/N-ethyl adjacent to an activating group) is 1. The van der Waals surface area contributed by atoms with Crippen molar-refractivity contribution in [1.82, 2.24) is 15.5 Å². The summed E-state index contributed by atoms with van der Waals surface area (Å²) in [6, 6.07) is 0.504. The van der Waals surface area contributed by atoms with E-state index in [0.29, 0.717) is 31.7 Å². The first-order valence-corrected chi connectivity index (χ1v) is 6.31. The Labute approximate surface area is 104 Å².